The van der Waals surface area contributed by atoms with Crippen molar-refractivity contribution in [1.82, 2.24) is 20.5 Å². The maximum atomic E-state index is 11.9. The highest BCUT2D eigenvalue weighted by Crippen LogP contribution is 2.16. The number of hydrogen-bond donors (Lipinski definition) is 2. The number of nitro groups is 1. The Bertz CT molecular complexity index is 646. The summed E-state index contributed by atoms with van der Waals surface area (Å²) >= 11 is 0. The van der Waals surface area contributed by atoms with Gasteiger partial charge in [-0.1, -0.05) is 0 Å². The molecule has 0 aliphatic rings. The number of nitrogen functional groups attached to an aromatic ring is 1. The van der Waals surface area contributed by atoms with Gasteiger partial charge < -0.3 is 11.1 Å². The Balaban J connectivity index is 2.13. The molecule has 1 amide bonds. The van der Waals surface area contributed by atoms with Crippen LogP contribution in [0.3, 0.4) is 0 Å². The van der Waals surface area contributed by atoms with Crippen molar-refractivity contribution in [3.05, 3.63) is 52.0 Å². The van der Waals surface area contributed by atoms with Gasteiger partial charge in [0.15, 0.2) is 0 Å². The highest BCUT2D eigenvalue weighted by molar-refractivity contribution is 5.98. The molecule has 3 N–H and O–H groups in total. The summed E-state index contributed by atoms with van der Waals surface area (Å²) < 4.78 is 0. The van der Waals surface area contributed by atoms with E-state index in [4.69, 9.17) is 5.73 Å². The molecule has 0 saturated heterocycles. The normalized spacial score (nSPS) is 10.0. The lowest BCUT2D eigenvalue weighted by atomic mass is 10.2. The Kier molecular flexibility index (Phi) is 3.80. The summed E-state index contributed by atoms with van der Waals surface area (Å²) in [4.78, 5) is 25.5. The molecule has 2 aromatic rings. The highest BCUT2D eigenvalue weighted by atomic mass is 16.6. The molecule has 0 radical (unpaired) electrons. The molecule has 9 nitrogen and oxygen atoms in total. The SMILES string of the molecule is Nc1ncc([N+](=O)[O-])cc1C(=O)NCc1cccnn1. The third kappa shape index (κ3) is 3.02. The Labute approximate surface area is 113 Å². The lowest BCUT2D eigenvalue weighted by molar-refractivity contribution is -0.385. The molecule has 0 spiro atoms. The molecule has 9 heteroatoms. The maximum Gasteiger partial charge on any atom is 0.288 e. The lowest BCUT2D eigenvalue weighted by Gasteiger charge is -2.06. The minimum absolute atomic E-state index is 0.0527. The second kappa shape index (κ2) is 5.69. The van der Waals surface area contributed by atoms with Crippen LogP contribution < -0.4 is 11.1 Å². The second-order valence-corrected chi connectivity index (χ2v) is 3.78. The van der Waals surface area contributed by atoms with Crippen LogP contribution in [0.15, 0.2) is 30.6 Å². The summed E-state index contributed by atoms with van der Waals surface area (Å²) in [6.07, 6.45) is 2.50. The molecule has 2 heterocycles. The zero-order chi connectivity index (χ0) is 14.5. The van der Waals surface area contributed by atoms with Crippen LogP contribution >= 0.6 is 0 Å². The van der Waals surface area contributed by atoms with Gasteiger partial charge in [-0.3, -0.25) is 14.9 Å². The quantitative estimate of drug-likeness (QED) is 0.603. The molecule has 20 heavy (non-hydrogen) atoms. The Morgan fingerprint density at radius 3 is 2.95 bits per heavy atom. The number of nitrogens with two attached hydrogens (primary N) is 1. The highest BCUT2D eigenvalue weighted by Gasteiger charge is 2.16. The van der Waals surface area contributed by atoms with E-state index in [1.165, 1.54) is 6.20 Å². The minimum Gasteiger partial charge on any atom is -0.383 e. The molecule has 2 rings (SSSR count). The van der Waals surface area contributed by atoms with Gasteiger partial charge in [-0.2, -0.15) is 10.2 Å². The molecule has 0 aromatic carbocycles. The fourth-order valence-electron chi connectivity index (χ4n) is 1.44. The third-order valence-corrected chi connectivity index (χ3v) is 2.42. The van der Waals surface area contributed by atoms with Gasteiger partial charge in [-0.05, 0) is 12.1 Å². The third-order valence-electron chi connectivity index (χ3n) is 2.42. The van der Waals surface area contributed by atoms with Crippen molar-refractivity contribution < 1.29 is 9.72 Å². The number of carbonyl (C=O) groups excluding carboxylic acids is 1. The van der Waals surface area contributed by atoms with Crippen molar-refractivity contribution in [1.29, 1.82) is 0 Å². The van der Waals surface area contributed by atoms with Crippen molar-refractivity contribution in [2.75, 3.05) is 5.73 Å². The van der Waals surface area contributed by atoms with E-state index in [9.17, 15) is 14.9 Å². The summed E-state index contributed by atoms with van der Waals surface area (Å²) in [5, 5.41) is 20.6. The fraction of sp³-hybridized carbons (Fsp3) is 0.0909. The summed E-state index contributed by atoms with van der Waals surface area (Å²) in [5.74, 6) is -0.642. The predicted octanol–water partition coefficient (Wildman–Crippen LogP) is 0.292. The Hall–Kier alpha value is -3.10. The van der Waals surface area contributed by atoms with Crippen LogP contribution in [0.25, 0.3) is 0 Å². The van der Waals surface area contributed by atoms with Crippen molar-refractivity contribution in [2.24, 2.45) is 0 Å². The van der Waals surface area contributed by atoms with Crippen LogP contribution in [0, 0.1) is 10.1 Å². The molecule has 0 aliphatic carbocycles. The predicted molar refractivity (Wildman–Crippen MR) is 68.5 cm³/mol. The summed E-state index contributed by atoms with van der Waals surface area (Å²) in [6, 6.07) is 4.44. The number of pyridine rings is 1. The molecular weight excluding hydrogens is 264 g/mol. The number of anilines is 1. The number of amides is 1. The first-order valence-electron chi connectivity index (χ1n) is 5.52. The topological polar surface area (TPSA) is 137 Å². The van der Waals surface area contributed by atoms with Gasteiger partial charge in [0.2, 0.25) is 0 Å². The first-order chi connectivity index (χ1) is 9.58. The van der Waals surface area contributed by atoms with Crippen molar-refractivity contribution in [2.45, 2.75) is 6.54 Å². The van der Waals surface area contributed by atoms with Crippen LogP contribution in [-0.2, 0) is 6.54 Å². The largest absolute Gasteiger partial charge is 0.383 e. The summed E-state index contributed by atoms with van der Waals surface area (Å²) in [6.45, 7) is 0.134. The number of rotatable bonds is 4. The monoisotopic (exact) mass is 274 g/mol. The van der Waals surface area contributed by atoms with E-state index < -0.39 is 10.8 Å². The molecule has 0 saturated carbocycles. The van der Waals surface area contributed by atoms with Gasteiger partial charge in [0.05, 0.1) is 22.7 Å². The van der Waals surface area contributed by atoms with Crippen LogP contribution in [0.4, 0.5) is 11.5 Å². The molecule has 102 valence electrons. The Morgan fingerprint density at radius 2 is 2.30 bits per heavy atom. The number of aromatic nitrogens is 3. The van der Waals surface area contributed by atoms with Crippen LogP contribution in [0.1, 0.15) is 16.1 Å². The van der Waals surface area contributed by atoms with E-state index >= 15 is 0 Å². The van der Waals surface area contributed by atoms with Crippen molar-refractivity contribution >= 4 is 17.4 Å². The van der Waals surface area contributed by atoms with Crippen molar-refractivity contribution in [3.8, 4) is 0 Å². The van der Waals surface area contributed by atoms with Crippen LogP contribution in [0.2, 0.25) is 0 Å². The molecule has 0 unspecified atom stereocenters. The fourth-order valence-corrected chi connectivity index (χ4v) is 1.44. The second-order valence-electron chi connectivity index (χ2n) is 3.78. The van der Waals surface area contributed by atoms with E-state index in [1.54, 1.807) is 12.1 Å². The van der Waals surface area contributed by atoms with Gasteiger partial charge >= 0.3 is 0 Å². The molecule has 0 aliphatic heterocycles. The Morgan fingerprint density at radius 1 is 1.50 bits per heavy atom. The van der Waals surface area contributed by atoms with Gasteiger partial charge in [0.25, 0.3) is 11.6 Å². The van der Waals surface area contributed by atoms with E-state index in [2.05, 4.69) is 20.5 Å². The lowest BCUT2D eigenvalue weighted by Crippen LogP contribution is -2.24. The first-order valence-corrected chi connectivity index (χ1v) is 5.52. The van der Waals surface area contributed by atoms with Crippen LogP contribution in [0.5, 0.6) is 0 Å². The average Bonchev–Trinajstić information content (AvgIpc) is 2.46. The molecule has 0 bridgehead atoms. The van der Waals surface area contributed by atoms with E-state index in [1.807, 2.05) is 0 Å². The van der Waals surface area contributed by atoms with Gasteiger partial charge in [0.1, 0.15) is 12.0 Å². The summed E-state index contributed by atoms with van der Waals surface area (Å²) in [5.41, 5.74) is 5.74. The minimum atomic E-state index is -0.647. The maximum absolute atomic E-state index is 11.9. The van der Waals surface area contributed by atoms with Gasteiger partial charge in [-0.25, -0.2) is 4.98 Å². The van der Waals surface area contributed by atoms with Crippen molar-refractivity contribution in [3.63, 3.8) is 0 Å². The number of nitrogens with one attached hydrogen (secondary N) is 1. The zero-order valence-electron chi connectivity index (χ0n) is 10.2. The van der Waals surface area contributed by atoms with Gasteiger partial charge in [-0.15, -0.1) is 0 Å². The van der Waals surface area contributed by atoms with E-state index in [0.29, 0.717) is 5.69 Å². The molecule has 0 atom stereocenters. The summed E-state index contributed by atoms with van der Waals surface area (Å²) in [7, 11) is 0. The molecule has 0 fully saturated rings. The van der Waals surface area contributed by atoms with Gasteiger partial charge in [0, 0.05) is 12.3 Å². The van der Waals surface area contributed by atoms with E-state index in [0.717, 1.165) is 12.3 Å². The van der Waals surface area contributed by atoms with E-state index in [-0.39, 0.29) is 23.6 Å². The molecular formula is C11H10N6O3. The first kappa shape index (κ1) is 13.3. The number of nitrogens with zero attached hydrogens (tertiary/aromatic N) is 4. The van der Waals surface area contributed by atoms with Crippen LogP contribution in [-0.4, -0.2) is 26.0 Å². The number of carbonyl (C=O) groups is 1. The standard InChI is InChI=1S/C11H10N6O3/c12-10-9(4-8(6-13-10)17(19)20)11(18)14-5-7-2-1-3-15-16-7/h1-4,6H,5H2,(H2,12,13)(H,14,18). The molecule has 2 aromatic heterocycles. The number of hydrogen-bond acceptors (Lipinski definition) is 7. The zero-order valence-corrected chi connectivity index (χ0v) is 10.2. The average molecular weight is 274 g/mol. The smallest absolute Gasteiger partial charge is 0.288 e.